The summed E-state index contributed by atoms with van der Waals surface area (Å²) in [5.41, 5.74) is 4.14. The van der Waals surface area contributed by atoms with Crippen molar-refractivity contribution < 1.29 is 17.6 Å². The van der Waals surface area contributed by atoms with Crippen molar-refractivity contribution >= 4 is 18.0 Å². The third-order valence-corrected chi connectivity index (χ3v) is 10.2. The number of piperidine rings is 1. The van der Waals surface area contributed by atoms with E-state index in [4.69, 9.17) is 5.10 Å². The van der Waals surface area contributed by atoms with Crippen LogP contribution in [-0.2, 0) is 37.9 Å². The van der Waals surface area contributed by atoms with Crippen molar-refractivity contribution in [2.24, 2.45) is 5.10 Å². The molecule has 0 radical (unpaired) electrons. The van der Waals surface area contributed by atoms with Crippen molar-refractivity contribution in [1.29, 1.82) is 0 Å². The van der Waals surface area contributed by atoms with E-state index in [1.807, 2.05) is 33.8 Å². The summed E-state index contributed by atoms with van der Waals surface area (Å²) in [4.78, 5) is 17.5. The Morgan fingerprint density at radius 3 is 2.16 bits per heavy atom. The molecule has 3 heterocycles. The molecule has 0 bridgehead atoms. The maximum atomic E-state index is 13.5. The molecule has 13 heteroatoms. The fourth-order valence-corrected chi connectivity index (χ4v) is 7.39. The van der Waals surface area contributed by atoms with E-state index in [1.165, 1.54) is 42.4 Å². The van der Waals surface area contributed by atoms with E-state index in [0.29, 0.717) is 47.6 Å². The summed E-state index contributed by atoms with van der Waals surface area (Å²) < 4.78 is 56.9. The number of hydrazone groups is 1. The number of benzene rings is 3. The maximum absolute atomic E-state index is 13.5. The highest BCUT2D eigenvalue weighted by atomic mass is 32.2. The largest absolute Gasteiger partial charge is 0.416 e. The smallest absolute Gasteiger partial charge is 0.316 e. The van der Waals surface area contributed by atoms with E-state index in [-0.39, 0.29) is 11.4 Å². The first-order valence-corrected chi connectivity index (χ1v) is 17.7. The summed E-state index contributed by atoms with van der Waals surface area (Å²) in [5, 5.41) is 16.5. The second-order valence-corrected chi connectivity index (χ2v) is 13.5. The molecule has 3 aromatic carbocycles. The van der Waals surface area contributed by atoms with Crippen LogP contribution < -0.4 is 5.56 Å². The van der Waals surface area contributed by atoms with Gasteiger partial charge < -0.3 is 9.13 Å². The molecule has 1 aliphatic carbocycles. The third-order valence-electron chi connectivity index (χ3n) is 9.15. The Labute approximate surface area is 290 Å². The number of hydrogen-bond donors (Lipinski definition) is 0. The first kappa shape index (κ1) is 33.7. The fourth-order valence-electron chi connectivity index (χ4n) is 6.43. The van der Waals surface area contributed by atoms with Gasteiger partial charge in [0.1, 0.15) is 5.82 Å². The highest BCUT2D eigenvalue weighted by molar-refractivity contribution is 7.98. The fraction of sp³-hybridized carbons (Fsp3) is 0.324. The van der Waals surface area contributed by atoms with Gasteiger partial charge in [0, 0.05) is 30.1 Å². The number of halogens is 4. The number of nitrogens with zero attached hydrogens (tertiary/aromatic N) is 7. The molecule has 8 nitrogen and oxygen atoms in total. The van der Waals surface area contributed by atoms with Gasteiger partial charge in [-0.25, -0.2) is 4.39 Å². The van der Waals surface area contributed by atoms with E-state index in [9.17, 15) is 22.4 Å². The Balaban J connectivity index is 1.20. The van der Waals surface area contributed by atoms with Gasteiger partial charge in [-0.1, -0.05) is 60.3 Å². The van der Waals surface area contributed by atoms with Crippen LogP contribution in [0.5, 0.6) is 0 Å². The van der Waals surface area contributed by atoms with Crippen LogP contribution in [0.15, 0.2) is 87.8 Å². The van der Waals surface area contributed by atoms with E-state index in [1.54, 1.807) is 18.3 Å². The number of alkyl halides is 3. The molecule has 0 atom stereocenters. The molecule has 1 saturated heterocycles. The van der Waals surface area contributed by atoms with Crippen LogP contribution >= 0.6 is 11.8 Å². The average Bonchev–Trinajstić information content (AvgIpc) is 3.77. The normalized spacial score (nSPS) is 14.8. The quantitative estimate of drug-likeness (QED) is 0.0656. The van der Waals surface area contributed by atoms with Gasteiger partial charge in [0.15, 0.2) is 16.8 Å². The highest BCUT2D eigenvalue weighted by Crippen LogP contribution is 2.31. The molecule has 0 N–H and O–H groups in total. The summed E-state index contributed by atoms with van der Waals surface area (Å²) in [7, 11) is 0. The molecule has 7 rings (SSSR count). The number of fused-ring (bicyclic) bond motifs is 1. The van der Waals surface area contributed by atoms with Gasteiger partial charge in [0.25, 0.3) is 5.56 Å². The van der Waals surface area contributed by atoms with Crippen LogP contribution in [0.1, 0.15) is 65.3 Å². The second kappa shape index (κ2) is 14.6. The first-order valence-electron chi connectivity index (χ1n) is 16.7. The standard InChI is InChI=1S/C37H35F4N7OS/c38-30-17-9-26(10-18-30)24-50-36-43-35(49)31-5-4-6-32(31)47(36)23-34-45-44-33(21-42-46-19-2-1-3-20-46)48(34)22-25-7-11-27(12-8-25)28-13-15-29(16-14-28)37(39,40)41/h7-18,21H,1-6,19-20,22-24H2/b42-21+. The minimum Gasteiger partial charge on any atom is -0.316 e. The lowest BCUT2D eigenvalue weighted by Crippen LogP contribution is -2.25. The third kappa shape index (κ3) is 7.67. The van der Waals surface area contributed by atoms with Crippen molar-refractivity contribution in [2.75, 3.05) is 13.1 Å². The first-order chi connectivity index (χ1) is 24.2. The minimum absolute atomic E-state index is 0.209. The summed E-state index contributed by atoms with van der Waals surface area (Å²) in [6, 6.07) is 19.1. The van der Waals surface area contributed by atoms with Gasteiger partial charge in [0.05, 0.1) is 24.9 Å². The van der Waals surface area contributed by atoms with Crippen molar-refractivity contribution in [3.63, 3.8) is 0 Å². The molecule has 0 unspecified atom stereocenters. The van der Waals surface area contributed by atoms with E-state index < -0.39 is 11.7 Å². The molecule has 1 aliphatic heterocycles. The molecule has 2 aliphatic rings. The SMILES string of the molecule is O=c1nc(SCc2ccc(F)cc2)n(Cc2nnc(/C=N/N3CCCCC3)n2Cc2ccc(-c3ccc(C(F)(F)F)cc3)cc2)c2c1CCC2. The van der Waals surface area contributed by atoms with Gasteiger partial charge in [-0.2, -0.15) is 23.3 Å². The summed E-state index contributed by atoms with van der Waals surface area (Å²) in [6.45, 7) is 2.51. The molecule has 0 saturated carbocycles. The Kier molecular flexibility index (Phi) is 9.84. The number of thioether (sulfide) groups is 1. The molecular formula is C37H35F4N7OS. The van der Waals surface area contributed by atoms with Crippen molar-refractivity contribution in [3.8, 4) is 11.1 Å². The van der Waals surface area contributed by atoms with Gasteiger partial charge in [0.2, 0.25) is 0 Å². The van der Waals surface area contributed by atoms with Gasteiger partial charge in [-0.3, -0.25) is 9.80 Å². The van der Waals surface area contributed by atoms with Crippen LogP contribution in [0.2, 0.25) is 0 Å². The minimum atomic E-state index is -4.39. The molecular weight excluding hydrogens is 667 g/mol. The maximum Gasteiger partial charge on any atom is 0.416 e. The Morgan fingerprint density at radius 2 is 1.46 bits per heavy atom. The van der Waals surface area contributed by atoms with Crippen molar-refractivity contribution in [2.45, 2.75) is 68.7 Å². The number of aromatic nitrogens is 5. The van der Waals surface area contributed by atoms with Crippen LogP contribution in [0.25, 0.3) is 11.1 Å². The van der Waals surface area contributed by atoms with Crippen LogP contribution in [0, 0.1) is 5.82 Å². The topological polar surface area (TPSA) is 81.2 Å². The van der Waals surface area contributed by atoms with E-state index in [2.05, 4.69) is 19.7 Å². The lowest BCUT2D eigenvalue weighted by molar-refractivity contribution is -0.137. The van der Waals surface area contributed by atoms with Gasteiger partial charge >= 0.3 is 6.18 Å². The molecule has 2 aromatic heterocycles. The molecule has 0 amide bonds. The van der Waals surface area contributed by atoms with Crippen LogP contribution in [0.4, 0.5) is 17.6 Å². The molecule has 258 valence electrons. The van der Waals surface area contributed by atoms with Crippen LogP contribution in [-0.4, -0.2) is 48.6 Å². The Hall–Kier alpha value is -4.78. The molecule has 1 fully saturated rings. The zero-order chi connectivity index (χ0) is 34.7. The lowest BCUT2D eigenvalue weighted by Gasteiger charge is -2.23. The summed E-state index contributed by atoms with van der Waals surface area (Å²) >= 11 is 1.43. The molecule has 0 spiro atoms. The zero-order valence-corrected chi connectivity index (χ0v) is 28.1. The van der Waals surface area contributed by atoms with E-state index >= 15 is 0 Å². The second-order valence-electron chi connectivity index (χ2n) is 12.6. The zero-order valence-electron chi connectivity index (χ0n) is 27.2. The highest BCUT2D eigenvalue weighted by Gasteiger charge is 2.30. The monoisotopic (exact) mass is 701 g/mol. The Bertz CT molecular complexity index is 2030. The Morgan fingerprint density at radius 1 is 0.780 bits per heavy atom. The molecule has 5 aromatic rings. The molecule has 50 heavy (non-hydrogen) atoms. The predicted molar refractivity (Wildman–Crippen MR) is 185 cm³/mol. The number of rotatable bonds is 10. The predicted octanol–water partition coefficient (Wildman–Crippen LogP) is 7.36. The van der Waals surface area contributed by atoms with Crippen LogP contribution in [0.3, 0.4) is 0 Å². The van der Waals surface area contributed by atoms with Crippen molar-refractivity contribution in [1.82, 2.24) is 29.3 Å². The van der Waals surface area contributed by atoms with E-state index in [0.717, 1.165) is 78.9 Å². The average molecular weight is 702 g/mol. The van der Waals surface area contributed by atoms with Gasteiger partial charge in [-0.15, -0.1) is 10.2 Å². The summed E-state index contributed by atoms with van der Waals surface area (Å²) in [5.74, 6) is 1.46. The number of hydrogen-bond acceptors (Lipinski definition) is 7. The summed E-state index contributed by atoms with van der Waals surface area (Å²) in [6.07, 6.45) is 3.01. The van der Waals surface area contributed by atoms with Gasteiger partial charge in [-0.05, 0) is 85.0 Å². The van der Waals surface area contributed by atoms with Crippen molar-refractivity contribution in [3.05, 3.63) is 129 Å². The lowest BCUT2D eigenvalue weighted by atomic mass is 10.0.